The summed E-state index contributed by atoms with van der Waals surface area (Å²) in [6.07, 6.45) is 2.23. The Morgan fingerprint density at radius 1 is 1.27 bits per heavy atom. The molecule has 0 bridgehead atoms. The number of nitrogens with one attached hydrogen (secondary N) is 1. The van der Waals surface area contributed by atoms with E-state index in [1.54, 1.807) is 48.3 Å². The van der Waals surface area contributed by atoms with Gasteiger partial charge in [-0.15, -0.1) is 0 Å². The number of hydrogen-bond acceptors (Lipinski definition) is 4. The van der Waals surface area contributed by atoms with E-state index in [-0.39, 0.29) is 0 Å². The van der Waals surface area contributed by atoms with Crippen molar-refractivity contribution < 1.29 is 19.4 Å². The molecule has 1 aromatic heterocycles. The quantitative estimate of drug-likeness (QED) is 0.832. The van der Waals surface area contributed by atoms with Gasteiger partial charge in [0.05, 0.1) is 6.20 Å². The minimum Gasteiger partial charge on any atom is -0.479 e. The standard InChI is InChI=1S/C15H17N3O4/c1-18-9-11(8-16-18)13(22-2)14(19)17-12(15(20)21)10-6-4-3-5-7-10/h3-9,12-13H,1-2H3,(H,17,19)(H,20,21)/t12-,13?/m1/s1. The molecule has 0 aliphatic carbocycles. The van der Waals surface area contributed by atoms with Gasteiger partial charge in [-0.25, -0.2) is 4.79 Å². The molecular weight excluding hydrogens is 286 g/mol. The fourth-order valence-corrected chi connectivity index (χ4v) is 2.12. The number of rotatable bonds is 6. The lowest BCUT2D eigenvalue weighted by atomic mass is 10.1. The minimum absolute atomic E-state index is 0.490. The molecule has 0 saturated carbocycles. The molecule has 1 heterocycles. The molecule has 2 aromatic rings. The topological polar surface area (TPSA) is 93.4 Å². The van der Waals surface area contributed by atoms with Gasteiger partial charge in [0, 0.05) is 25.9 Å². The summed E-state index contributed by atoms with van der Waals surface area (Å²) in [7, 11) is 3.10. The summed E-state index contributed by atoms with van der Waals surface area (Å²) in [6, 6.07) is 7.36. The maximum atomic E-state index is 12.3. The summed E-state index contributed by atoms with van der Waals surface area (Å²) in [5, 5.41) is 15.8. The molecule has 0 aliphatic heterocycles. The van der Waals surface area contributed by atoms with Gasteiger partial charge in [0.1, 0.15) is 0 Å². The summed E-state index contributed by atoms with van der Waals surface area (Å²) in [5.74, 6) is -1.67. The highest BCUT2D eigenvalue weighted by Gasteiger charge is 2.28. The van der Waals surface area contributed by atoms with Gasteiger partial charge in [0.25, 0.3) is 5.91 Å². The summed E-state index contributed by atoms with van der Waals surface area (Å²) >= 11 is 0. The molecule has 7 nitrogen and oxygen atoms in total. The number of methoxy groups -OCH3 is 1. The van der Waals surface area contributed by atoms with Gasteiger partial charge < -0.3 is 15.2 Å². The van der Waals surface area contributed by atoms with Gasteiger partial charge in [0.2, 0.25) is 0 Å². The van der Waals surface area contributed by atoms with Crippen molar-refractivity contribution in [3.05, 3.63) is 53.9 Å². The van der Waals surface area contributed by atoms with Crippen molar-refractivity contribution in [1.82, 2.24) is 15.1 Å². The van der Waals surface area contributed by atoms with Gasteiger partial charge in [-0.3, -0.25) is 9.48 Å². The smallest absolute Gasteiger partial charge is 0.330 e. The van der Waals surface area contributed by atoms with E-state index in [0.29, 0.717) is 11.1 Å². The molecule has 0 radical (unpaired) electrons. The van der Waals surface area contributed by atoms with Crippen molar-refractivity contribution in [2.75, 3.05) is 7.11 Å². The minimum atomic E-state index is -1.14. The Balaban J connectivity index is 2.19. The van der Waals surface area contributed by atoms with Crippen LogP contribution in [-0.2, 0) is 21.4 Å². The third-order valence-electron chi connectivity index (χ3n) is 3.17. The first-order chi connectivity index (χ1) is 10.5. The lowest BCUT2D eigenvalue weighted by molar-refractivity contribution is -0.144. The van der Waals surface area contributed by atoms with E-state index < -0.39 is 24.0 Å². The van der Waals surface area contributed by atoms with Gasteiger partial charge in [-0.2, -0.15) is 5.10 Å². The highest BCUT2D eigenvalue weighted by atomic mass is 16.5. The molecule has 0 fully saturated rings. The highest BCUT2D eigenvalue weighted by Crippen LogP contribution is 2.19. The maximum Gasteiger partial charge on any atom is 0.330 e. The average molecular weight is 303 g/mol. The van der Waals surface area contributed by atoms with Crippen molar-refractivity contribution >= 4 is 11.9 Å². The lowest BCUT2D eigenvalue weighted by Crippen LogP contribution is -2.37. The number of carboxylic acids is 1. The molecule has 2 rings (SSSR count). The van der Waals surface area contributed by atoms with Crippen LogP contribution in [0.25, 0.3) is 0 Å². The lowest BCUT2D eigenvalue weighted by Gasteiger charge is -2.19. The summed E-state index contributed by atoms with van der Waals surface area (Å²) in [6.45, 7) is 0. The number of hydrogen-bond donors (Lipinski definition) is 2. The van der Waals surface area contributed by atoms with Crippen molar-refractivity contribution in [2.24, 2.45) is 7.05 Å². The number of benzene rings is 1. The number of aryl methyl sites for hydroxylation is 1. The Labute approximate surface area is 127 Å². The van der Waals surface area contributed by atoms with Crippen LogP contribution in [-0.4, -0.2) is 33.9 Å². The van der Waals surface area contributed by atoms with E-state index in [1.165, 1.54) is 13.3 Å². The van der Waals surface area contributed by atoms with Gasteiger partial charge in [-0.05, 0) is 5.56 Å². The molecule has 1 amide bonds. The van der Waals surface area contributed by atoms with Crippen LogP contribution in [0.4, 0.5) is 0 Å². The van der Waals surface area contributed by atoms with Gasteiger partial charge in [-0.1, -0.05) is 30.3 Å². The molecule has 0 aliphatic rings. The Morgan fingerprint density at radius 2 is 1.95 bits per heavy atom. The normalized spacial score (nSPS) is 13.4. The van der Waals surface area contributed by atoms with E-state index in [0.717, 1.165) is 0 Å². The molecule has 116 valence electrons. The summed E-state index contributed by atoms with van der Waals surface area (Å²) in [5.41, 5.74) is 1.05. The van der Waals surface area contributed by atoms with Crippen LogP contribution >= 0.6 is 0 Å². The van der Waals surface area contributed by atoms with Crippen LogP contribution in [0.3, 0.4) is 0 Å². The predicted molar refractivity (Wildman–Crippen MR) is 77.9 cm³/mol. The Hall–Kier alpha value is -2.67. The van der Waals surface area contributed by atoms with E-state index in [4.69, 9.17) is 4.74 Å². The van der Waals surface area contributed by atoms with Gasteiger partial charge in [0.15, 0.2) is 12.1 Å². The fraction of sp³-hybridized carbons (Fsp3) is 0.267. The predicted octanol–water partition coefficient (Wildman–Crippen LogP) is 1.05. The van der Waals surface area contributed by atoms with E-state index in [1.807, 2.05) is 0 Å². The molecule has 1 aromatic carbocycles. The maximum absolute atomic E-state index is 12.3. The van der Waals surface area contributed by atoms with Crippen LogP contribution in [0.15, 0.2) is 42.7 Å². The number of aliphatic carboxylic acids is 1. The molecule has 1 unspecified atom stereocenters. The van der Waals surface area contributed by atoms with Crippen molar-refractivity contribution in [2.45, 2.75) is 12.1 Å². The zero-order valence-corrected chi connectivity index (χ0v) is 12.3. The van der Waals surface area contributed by atoms with Crippen molar-refractivity contribution in [1.29, 1.82) is 0 Å². The second kappa shape index (κ2) is 6.86. The van der Waals surface area contributed by atoms with Crippen LogP contribution in [0.5, 0.6) is 0 Å². The SMILES string of the molecule is COC(C(=O)N[C@@H](C(=O)O)c1ccccc1)c1cnn(C)c1. The largest absolute Gasteiger partial charge is 0.479 e. The van der Waals surface area contributed by atoms with Crippen molar-refractivity contribution in [3.63, 3.8) is 0 Å². The Morgan fingerprint density at radius 3 is 2.45 bits per heavy atom. The molecule has 22 heavy (non-hydrogen) atoms. The average Bonchev–Trinajstić information content (AvgIpc) is 2.92. The summed E-state index contributed by atoms with van der Waals surface area (Å²) in [4.78, 5) is 23.8. The van der Waals surface area contributed by atoms with Crippen molar-refractivity contribution in [3.8, 4) is 0 Å². The number of nitrogens with zero attached hydrogens (tertiary/aromatic N) is 2. The molecule has 2 N–H and O–H groups in total. The number of carboxylic acid groups (broad SMARTS) is 1. The second-order valence-corrected chi connectivity index (χ2v) is 4.75. The molecule has 7 heteroatoms. The molecule has 2 atom stereocenters. The van der Waals surface area contributed by atoms with Crippen LogP contribution in [0, 0.1) is 0 Å². The number of amides is 1. The second-order valence-electron chi connectivity index (χ2n) is 4.75. The molecule has 0 spiro atoms. The first-order valence-electron chi connectivity index (χ1n) is 6.62. The van der Waals surface area contributed by atoms with Crippen LogP contribution in [0.1, 0.15) is 23.3 Å². The van der Waals surface area contributed by atoms with E-state index in [9.17, 15) is 14.7 Å². The fourth-order valence-electron chi connectivity index (χ4n) is 2.12. The zero-order chi connectivity index (χ0) is 16.1. The number of carbonyl (C=O) groups excluding carboxylic acids is 1. The van der Waals surface area contributed by atoms with Gasteiger partial charge >= 0.3 is 5.97 Å². The zero-order valence-electron chi connectivity index (χ0n) is 12.3. The highest BCUT2D eigenvalue weighted by molar-refractivity contribution is 5.87. The van der Waals surface area contributed by atoms with E-state index >= 15 is 0 Å². The number of aromatic nitrogens is 2. The monoisotopic (exact) mass is 303 g/mol. The van der Waals surface area contributed by atoms with E-state index in [2.05, 4.69) is 10.4 Å². The molecular formula is C15H17N3O4. The first kappa shape index (κ1) is 15.7. The third kappa shape index (κ3) is 3.50. The number of ether oxygens (including phenoxy) is 1. The summed E-state index contributed by atoms with van der Waals surface area (Å²) < 4.78 is 6.71. The number of carbonyl (C=O) groups is 2. The van der Waals surface area contributed by atoms with Crippen LogP contribution < -0.4 is 5.32 Å². The Bertz CT molecular complexity index is 654. The molecule has 0 saturated heterocycles. The third-order valence-corrected chi connectivity index (χ3v) is 3.17. The van der Waals surface area contributed by atoms with Crippen LogP contribution in [0.2, 0.25) is 0 Å². The Kier molecular flexibility index (Phi) is 4.90. The first-order valence-corrected chi connectivity index (χ1v) is 6.62.